The van der Waals surface area contributed by atoms with E-state index < -0.39 is 5.97 Å². The van der Waals surface area contributed by atoms with Crippen molar-refractivity contribution in [3.05, 3.63) is 12.3 Å². The average molecular weight is 328 g/mol. The Kier molecular flexibility index (Phi) is 9.46. The van der Waals surface area contributed by atoms with Crippen molar-refractivity contribution in [3.8, 4) is 0 Å². The van der Waals surface area contributed by atoms with Gasteiger partial charge in [-0.1, -0.05) is 6.58 Å². The summed E-state index contributed by atoms with van der Waals surface area (Å²) in [4.78, 5) is 27.7. The molecule has 1 heterocycles. The van der Waals surface area contributed by atoms with Gasteiger partial charge in [0.25, 0.3) is 0 Å². The number of carbonyl (C=O) groups is 2. The van der Waals surface area contributed by atoms with Crippen LogP contribution in [0.1, 0.15) is 0 Å². The standard InChI is InChI=1S/C15H28N4O4/c1-14(21)12-18-4-2-16-3-5-19(13-15(22)23)9-7-17(6-8-18)10-11-20/h11,16,21H,1-10,12-13H2,(H,22,23). The van der Waals surface area contributed by atoms with Gasteiger partial charge in [0.2, 0.25) is 0 Å². The van der Waals surface area contributed by atoms with Crippen LogP contribution < -0.4 is 5.32 Å². The van der Waals surface area contributed by atoms with Crippen LogP contribution >= 0.6 is 0 Å². The zero-order valence-electron chi connectivity index (χ0n) is 13.6. The summed E-state index contributed by atoms with van der Waals surface area (Å²) in [6.07, 6.45) is 0.865. The lowest BCUT2D eigenvalue weighted by atomic mass is 10.3. The molecule has 0 unspecified atom stereocenters. The fraction of sp³-hybridized carbons (Fsp3) is 0.733. The first-order valence-electron chi connectivity index (χ1n) is 7.91. The molecule has 0 aliphatic carbocycles. The Hall–Kier alpha value is -1.48. The van der Waals surface area contributed by atoms with E-state index in [9.17, 15) is 14.7 Å². The van der Waals surface area contributed by atoms with Crippen molar-refractivity contribution in [1.29, 1.82) is 0 Å². The highest BCUT2D eigenvalue weighted by Crippen LogP contribution is 1.98. The van der Waals surface area contributed by atoms with Gasteiger partial charge >= 0.3 is 5.97 Å². The minimum atomic E-state index is -0.841. The number of aliphatic carboxylic acids is 1. The van der Waals surface area contributed by atoms with E-state index in [1.54, 1.807) is 0 Å². The van der Waals surface area contributed by atoms with Crippen LogP contribution in [-0.2, 0) is 9.59 Å². The Balaban J connectivity index is 2.62. The van der Waals surface area contributed by atoms with Crippen LogP contribution in [0.5, 0.6) is 0 Å². The maximum Gasteiger partial charge on any atom is 0.317 e. The van der Waals surface area contributed by atoms with E-state index in [0.29, 0.717) is 52.4 Å². The molecule has 8 nitrogen and oxygen atoms in total. The van der Waals surface area contributed by atoms with Crippen LogP contribution in [-0.4, -0.2) is 109 Å². The van der Waals surface area contributed by atoms with E-state index in [4.69, 9.17) is 5.11 Å². The Labute approximate surface area is 137 Å². The maximum absolute atomic E-state index is 10.9. The molecule has 8 heteroatoms. The molecule has 1 rings (SSSR count). The van der Waals surface area contributed by atoms with Gasteiger partial charge in [-0.25, -0.2) is 0 Å². The molecule has 0 spiro atoms. The largest absolute Gasteiger partial charge is 0.512 e. The van der Waals surface area contributed by atoms with Crippen LogP contribution in [0.2, 0.25) is 0 Å². The second kappa shape index (κ2) is 11.1. The predicted octanol–water partition coefficient (Wildman–Crippen LogP) is -1.15. The van der Waals surface area contributed by atoms with E-state index >= 15 is 0 Å². The Morgan fingerprint density at radius 2 is 1.48 bits per heavy atom. The van der Waals surface area contributed by atoms with Crippen LogP contribution in [0.15, 0.2) is 12.3 Å². The lowest BCUT2D eigenvalue weighted by Gasteiger charge is -2.30. The zero-order chi connectivity index (χ0) is 17.1. The molecule has 0 saturated carbocycles. The Bertz CT molecular complexity index is 362. The molecule has 0 aromatic rings. The van der Waals surface area contributed by atoms with Crippen molar-refractivity contribution in [3.63, 3.8) is 0 Å². The maximum atomic E-state index is 10.9. The number of nitrogens with zero attached hydrogens (tertiary/aromatic N) is 3. The van der Waals surface area contributed by atoms with Crippen molar-refractivity contribution in [2.24, 2.45) is 0 Å². The molecule has 0 aromatic carbocycles. The highest BCUT2D eigenvalue weighted by molar-refractivity contribution is 5.69. The van der Waals surface area contributed by atoms with Gasteiger partial charge in [-0.3, -0.25) is 19.5 Å². The molecular weight excluding hydrogens is 300 g/mol. The van der Waals surface area contributed by atoms with Gasteiger partial charge in [0.15, 0.2) is 0 Å². The lowest BCUT2D eigenvalue weighted by molar-refractivity contribution is -0.138. The third-order valence-corrected chi connectivity index (χ3v) is 3.77. The SMILES string of the molecule is C=C(O)CN1CCNCCN(CC(=O)O)CCN(CC=O)CC1. The lowest BCUT2D eigenvalue weighted by Crippen LogP contribution is -2.46. The second-order valence-electron chi connectivity index (χ2n) is 5.73. The van der Waals surface area contributed by atoms with Crippen LogP contribution in [0.3, 0.4) is 0 Å². The van der Waals surface area contributed by atoms with Crippen molar-refractivity contribution < 1.29 is 19.8 Å². The normalized spacial score (nSPS) is 20.3. The minimum Gasteiger partial charge on any atom is -0.512 e. The van der Waals surface area contributed by atoms with E-state index in [0.717, 1.165) is 19.4 Å². The number of aldehydes is 1. The number of hydrogen-bond donors (Lipinski definition) is 3. The summed E-state index contributed by atoms with van der Waals surface area (Å²) in [5, 5.41) is 21.7. The van der Waals surface area contributed by atoms with E-state index in [1.807, 2.05) is 9.80 Å². The number of carboxylic acid groups (broad SMARTS) is 1. The highest BCUT2D eigenvalue weighted by atomic mass is 16.4. The first-order chi connectivity index (χ1) is 11.0. The van der Waals surface area contributed by atoms with Crippen molar-refractivity contribution in [2.45, 2.75) is 0 Å². The smallest absolute Gasteiger partial charge is 0.317 e. The van der Waals surface area contributed by atoms with Gasteiger partial charge in [0, 0.05) is 52.4 Å². The molecule has 1 aliphatic heterocycles. The predicted molar refractivity (Wildman–Crippen MR) is 87.7 cm³/mol. The van der Waals surface area contributed by atoms with Crippen LogP contribution in [0.4, 0.5) is 0 Å². The van der Waals surface area contributed by atoms with E-state index in [-0.39, 0.29) is 12.3 Å². The van der Waals surface area contributed by atoms with Crippen molar-refractivity contribution in [2.75, 3.05) is 72.0 Å². The Morgan fingerprint density at radius 3 is 1.96 bits per heavy atom. The molecule has 0 atom stereocenters. The molecule has 0 amide bonds. The molecule has 0 bridgehead atoms. The molecular formula is C15H28N4O4. The van der Waals surface area contributed by atoms with Gasteiger partial charge in [0.1, 0.15) is 6.29 Å². The minimum absolute atomic E-state index is 0.00701. The second-order valence-corrected chi connectivity index (χ2v) is 5.73. The average Bonchev–Trinajstić information content (AvgIpc) is 2.46. The molecule has 1 aliphatic rings. The number of aliphatic hydroxyl groups excluding tert-OH is 1. The molecule has 1 fully saturated rings. The number of carbonyl (C=O) groups excluding carboxylic acids is 1. The highest BCUT2D eigenvalue weighted by Gasteiger charge is 2.15. The fourth-order valence-electron chi connectivity index (χ4n) is 2.55. The van der Waals surface area contributed by atoms with Gasteiger partial charge in [-0.05, 0) is 0 Å². The fourth-order valence-corrected chi connectivity index (χ4v) is 2.55. The molecule has 132 valence electrons. The first kappa shape index (κ1) is 19.6. The first-order valence-corrected chi connectivity index (χ1v) is 7.91. The molecule has 23 heavy (non-hydrogen) atoms. The summed E-state index contributed by atoms with van der Waals surface area (Å²) >= 11 is 0. The van der Waals surface area contributed by atoms with E-state index in [2.05, 4.69) is 16.8 Å². The monoisotopic (exact) mass is 328 g/mol. The third-order valence-electron chi connectivity index (χ3n) is 3.77. The topological polar surface area (TPSA) is 96.3 Å². The van der Waals surface area contributed by atoms with Gasteiger partial charge < -0.3 is 20.3 Å². The summed E-state index contributed by atoms with van der Waals surface area (Å²) in [6, 6.07) is 0. The van der Waals surface area contributed by atoms with Gasteiger partial charge in [-0.15, -0.1) is 0 Å². The van der Waals surface area contributed by atoms with Crippen LogP contribution in [0, 0.1) is 0 Å². The van der Waals surface area contributed by atoms with Crippen molar-refractivity contribution in [1.82, 2.24) is 20.0 Å². The zero-order valence-corrected chi connectivity index (χ0v) is 13.6. The quantitative estimate of drug-likeness (QED) is 0.416. The number of hydrogen-bond acceptors (Lipinski definition) is 7. The third kappa shape index (κ3) is 9.29. The number of nitrogens with one attached hydrogen (secondary N) is 1. The Morgan fingerprint density at radius 1 is 0.957 bits per heavy atom. The summed E-state index contributed by atoms with van der Waals surface area (Å²) in [5.41, 5.74) is 0. The summed E-state index contributed by atoms with van der Waals surface area (Å²) in [6.45, 7) is 9.79. The molecule has 1 saturated heterocycles. The number of aliphatic hydroxyl groups is 1. The molecule has 0 radical (unpaired) electrons. The summed E-state index contributed by atoms with van der Waals surface area (Å²) in [5.74, 6) is -0.710. The van der Waals surface area contributed by atoms with Gasteiger partial charge in [-0.2, -0.15) is 0 Å². The van der Waals surface area contributed by atoms with Crippen molar-refractivity contribution >= 4 is 12.3 Å². The summed E-state index contributed by atoms with van der Waals surface area (Å²) < 4.78 is 0. The number of rotatable bonds is 6. The summed E-state index contributed by atoms with van der Waals surface area (Å²) in [7, 11) is 0. The molecule has 0 aromatic heterocycles. The van der Waals surface area contributed by atoms with Crippen LogP contribution in [0.25, 0.3) is 0 Å². The molecule has 3 N–H and O–H groups in total. The van der Waals surface area contributed by atoms with E-state index in [1.165, 1.54) is 0 Å². The van der Waals surface area contributed by atoms with Gasteiger partial charge in [0.05, 0.1) is 25.4 Å². The number of carboxylic acids is 1.